The van der Waals surface area contributed by atoms with Crippen molar-refractivity contribution in [3.63, 3.8) is 0 Å². The summed E-state index contributed by atoms with van der Waals surface area (Å²) in [7, 11) is 0. The zero-order valence-corrected chi connectivity index (χ0v) is 11.9. The summed E-state index contributed by atoms with van der Waals surface area (Å²) in [5.41, 5.74) is 14.8. The largest absolute Gasteiger partial charge is 0.461 e. The number of nitrogens with two attached hydrogens (primary N) is 3. The van der Waals surface area contributed by atoms with E-state index < -0.39 is 5.97 Å². The van der Waals surface area contributed by atoms with Gasteiger partial charge in [0.1, 0.15) is 0 Å². The molecule has 0 atom stereocenters. The quantitative estimate of drug-likeness (QED) is 0.539. The SMILES string of the molecule is Br.CCOC(=O)c1csc(N)n1.NC(N)=S. The fourth-order valence-corrected chi connectivity index (χ4v) is 1.12. The number of esters is 1. The fourth-order valence-electron chi connectivity index (χ4n) is 0.586. The average molecular weight is 329 g/mol. The second kappa shape index (κ2) is 9.31. The van der Waals surface area contributed by atoms with Gasteiger partial charge in [0, 0.05) is 5.38 Å². The number of hydrogen-bond acceptors (Lipinski definition) is 6. The Morgan fingerprint density at radius 3 is 2.44 bits per heavy atom. The van der Waals surface area contributed by atoms with Gasteiger partial charge in [0.25, 0.3) is 0 Å². The van der Waals surface area contributed by atoms with Crippen LogP contribution in [0.5, 0.6) is 0 Å². The van der Waals surface area contributed by atoms with E-state index in [1.807, 2.05) is 0 Å². The van der Waals surface area contributed by atoms with Crippen molar-refractivity contribution in [2.24, 2.45) is 11.5 Å². The molecule has 16 heavy (non-hydrogen) atoms. The lowest BCUT2D eigenvalue weighted by molar-refractivity contribution is 0.0520. The molecule has 92 valence electrons. The third kappa shape index (κ3) is 8.38. The van der Waals surface area contributed by atoms with Crippen LogP contribution in [0.15, 0.2) is 5.38 Å². The molecular weight excluding hydrogens is 316 g/mol. The summed E-state index contributed by atoms with van der Waals surface area (Å²) in [4.78, 5) is 14.7. The molecular formula is C7H13BrN4O2S2. The minimum absolute atomic E-state index is 0. The highest BCUT2D eigenvalue weighted by Gasteiger charge is 2.09. The van der Waals surface area contributed by atoms with Gasteiger partial charge in [0.05, 0.1) is 6.61 Å². The molecule has 6 nitrogen and oxygen atoms in total. The summed E-state index contributed by atoms with van der Waals surface area (Å²) in [6, 6.07) is 0. The van der Waals surface area contributed by atoms with Gasteiger partial charge in [-0.25, -0.2) is 9.78 Å². The Kier molecular flexibility index (Phi) is 10.2. The predicted molar refractivity (Wildman–Crippen MR) is 73.8 cm³/mol. The van der Waals surface area contributed by atoms with Crippen molar-refractivity contribution in [1.82, 2.24) is 4.98 Å². The lowest BCUT2D eigenvalue weighted by atomic mass is 10.5. The van der Waals surface area contributed by atoms with Crippen molar-refractivity contribution in [3.8, 4) is 0 Å². The van der Waals surface area contributed by atoms with Gasteiger partial charge in [-0.15, -0.1) is 28.3 Å². The second-order valence-electron chi connectivity index (χ2n) is 2.19. The molecule has 1 aromatic heterocycles. The van der Waals surface area contributed by atoms with E-state index >= 15 is 0 Å². The molecule has 0 aromatic carbocycles. The Labute approximate surface area is 113 Å². The molecule has 0 aliphatic heterocycles. The normalized spacial score (nSPS) is 8.06. The molecule has 0 unspecified atom stereocenters. The van der Waals surface area contributed by atoms with Crippen LogP contribution in [0.3, 0.4) is 0 Å². The number of rotatable bonds is 2. The molecule has 0 saturated carbocycles. The highest BCUT2D eigenvalue weighted by atomic mass is 79.9. The van der Waals surface area contributed by atoms with Gasteiger partial charge < -0.3 is 21.9 Å². The van der Waals surface area contributed by atoms with E-state index in [-0.39, 0.29) is 27.8 Å². The summed E-state index contributed by atoms with van der Waals surface area (Å²) < 4.78 is 4.69. The third-order valence-electron chi connectivity index (χ3n) is 1.01. The van der Waals surface area contributed by atoms with Gasteiger partial charge in [-0.3, -0.25) is 0 Å². The number of thiazole rings is 1. The van der Waals surface area contributed by atoms with Crippen molar-refractivity contribution in [3.05, 3.63) is 11.1 Å². The number of anilines is 1. The number of thiocarbonyl (C=S) groups is 1. The number of nitrogen functional groups attached to an aromatic ring is 1. The minimum Gasteiger partial charge on any atom is -0.461 e. The number of carbonyl (C=O) groups is 1. The standard InChI is InChI=1S/C6H8N2O2S.CH4N2S.BrH/c1-2-10-5(9)4-3-11-6(7)8-4;2-1(3)4;/h3H,2H2,1H3,(H2,7,8);(H4,2,3,4);1H. The topological polar surface area (TPSA) is 117 Å². The summed E-state index contributed by atoms with van der Waals surface area (Å²) >= 11 is 5.32. The van der Waals surface area contributed by atoms with E-state index in [1.54, 1.807) is 12.3 Å². The minimum atomic E-state index is -0.416. The van der Waals surface area contributed by atoms with E-state index in [0.29, 0.717) is 11.7 Å². The molecule has 0 aliphatic carbocycles. The first-order chi connectivity index (χ1) is 6.97. The Morgan fingerprint density at radius 1 is 1.62 bits per heavy atom. The Bertz CT molecular complexity index is 341. The number of hydrogen-bond donors (Lipinski definition) is 3. The number of carbonyl (C=O) groups excluding carboxylic acids is 1. The first kappa shape index (κ1) is 17.5. The monoisotopic (exact) mass is 328 g/mol. The molecule has 0 fully saturated rings. The van der Waals surface area contributed by atoms with Crippen LogP contribution in [0.4, 0.5) is 5.13 Å². The molecule has 0 saturated heterocycles. The van der Waals surface area contributed by atoms with Crippen molar-refractivity contribution in [2.75, 3.05) is 12.3 Å². The third-order valence-corrected chi connectivity index (χ3v) is 1.68. The first-order valence-corrected chi connectivity index (χ1v) is 5.19. The molecule has 0 spiro atoms. The van der Waals surface area contributed by atoms with Crippen LogP contribution < -0.4 is 17.2 Å². The van der Waals surface area contributed by atoms with Gasteiger partial charge in [-0.1, -0.05) is 0 Å². The van der Waals surface area contributed by atoms with Crippen LogP contribution >= 0.6 is 40.5 Å². The molecule has 9 heteroatoms. The van der Waals surface area contributed by atoms with Gasteiger partial charge in [0.15, 0.2) is 15.9 Å². The molecule has 0 aliphatic rings. The van der Waals surface area contributed by atoms with E-state index in [0.717, 1.165) is 0 Å². The summed E-state index contributed by atoms with van der Waals surface area (Å²) in [6.45, 7) is 2.10. The van der Waals surface area contributed by atoms with E-state index in [2.05, 4.69) is 28.7 Å². The molecule has 1 aromatic rings. The fraction of sp³-hybridized carbons (Fsp3) is 0.286. The first-order valence-electron chi connectivity index (χ1n) is 3.90. The Morgan fingerprint density at radius 2 is 2.12 bits per heavy atom. The number of nitrogens with zero attached hydrogens (tertiary/aromatic N) is 1. The molecule has 1 rings (SSSR count). The number of halogens is 1. The Balaban J connectivity index is 0. The van der Waals surface area contributed by atoms with Crippen molar-refractivity contribution in [1.29, 1.82) is 0 Å². The second-order valence-corrected chi connectivity index (χ2v) is 3.55. The molecule has 1 heterocycles. The predicted octanol–water partition coefficient (Wildman–Crippen LogP) is 0.669. The lowest BCUT2D eigenvalue weighted by Gasteiger charge is -1.95. The maximum atomic E-state index is 10.9. The molecule has 6 N–H and O–H groups in total. The van der Waals surface area contributed by atoms with Gasteiger partial charge in [0.2, 0.25) is 0 Å². The van der Waals surface area contributed by atoms with Crippen molar-refractivity contribution in [2.45, 2.75) is 6.92 Å². The number of ether oxygens (including phenoxy) is 1. The van der Waals surface area contributed by atoms with E-state index in [9.17, 15) is 4.79 Å². The van der Waals surface area contributed by atoms with Crippen molar-refractivity contribution >= 4 is 56.7 Å². The van der Waals surface area contributed by atoms with Gasteiger partial charge >= 0.3 is 5.97 Å². The zero-order valence-electron chi connectivity index (χ0n) is 8.50. The van der Waals surface area contributed by atoms with Gasteiger partial charge in [-0.05, 0) is 19.1 Å². The van der Waals surface area contributed by atoms with E-state index in [4.69, 9.17) is 10.5 Å². The average Bonchev–Trinajstić information content (AvgIpc) is 2.51. The van der Waals surface area contributed by atoms with Crippen LogP contribution in [0, 0.1) is 0 Å². The highest BCUT2D eigenvalue weighted by Crippen LogP contribution is 2.11. The maximum Gasteiger partial charge on any atom is 0.357 e. The van der Waals surface area contributed by atoms with Crippen LogP contribution in [-0.2, 0) is 4.74 Å². The van der Waals surface area contributed by atoms with E-state index in [1.165, 1.54) is 11.3 Å². The molecule has 0 radical (unpaired) electrons. The highest BCUT2D eigenvalue weighted by molar-refractivity contribution is 8.93. The van der Waals surface area contributed by atoms with Gasteiger partial charge in [-0.2, -0.15) is 0 Å². The summed E-state index contributed by atoms with van der Waals surface area (Å²) in [6.07, 6.45) is 0. The number of aromatic nitrogens is 1. The van der Waals surface area contributed by atoms with Crippen LogP contribution in [0.2, 0.25) is 0 Å². The summed E-state index contributed by atoms with van der Waals surface area (Å²) in [5.74, 6) is -0.416. The maximum absolute atomic E-state index is 10.9. The Hall–Kier alpha value is -0.930. The van der Waals surface area contributed by atoms with Crippen LogP contribution in [0.25, 0.3) is 0 Å². The lowest BCUT2D eigenvalue weighted by Crippen LogP contribution is -2.18. The smallest absolute Gasteiger partial charge is 0.357 e. The summed E-state index contributed by atoms with van der Waals surface area (Å²) in [5, 5.41) is 1.96. The van der Waals surface area contributed by atoms with Crippen molar-refractivity contribution < 1.29 is 9.53 Å². The molecule has 0 bridgehead atoms. The molecule has 0 amide bonds. The van der Waals surface area contributed by atoms with Crippen LogP contribution in [-0.4, -0.2) is 22.7 Å². The zero-order chi connectivity index (χ0) is 11.8. The van der Waals surface area contributed by atoms with Crippen LogP contribution in [0.1, 0.15) is 17.4 Å².